The van der Waals surface area contributed by atoms with Crippen LogP contribution in [0.5, 0.6) is 0 Å². The number of rotatable bonds is 46. The fourth-order valence-corrected chi connectivity index (χ4v) is 8.20. The van der Waals surface area contributed by atoms with Gasteiger partial charge in [-0.15, -0.1) is 0 Å². The zero-order valence-corrected chi connectivity index (χ0v) is 37.5. The Morgan fingerprint density at radius 2 is 0.566 bits per heavy atom. The summed E-state index contributed by atoms with van der Waals surface area (Å²) >= 11 is 0. The van der Waals surface area contributed by atoms with E-state index >= 15 is 0 Å². The SMILES string of the molecule is CCCCCCCCCCCCCCCCCCCCCCN(CCCCCCCCCCCCCCCCCCCCCC)C(C)CCC(=O)[O-].[Li+]. The average molecular weight is 740 g/mol. The maximum Gasteiger partial charge on any atom is 1.00 e. The normalized spacial score (nSPS) is 12.1. The van der Waals surface area contributed by atoms with Gasteiger partial charge in [-0.25, -0.2) is 0 Å². The number of aliphatic carboxylic acids is 1. The fourth-order valence-electron chi connectivity index (χ4n) is 8.20. The van der Waals surface area contributed by atoms with Gasteiger partial charge in [0.1, 0.15) is 0 Å². The third-order valence-electron chi connectivity index (χ3n) is 12.0. The summed E-state index contributed by atoms with van der Waals surface area (Å²) in [6, 6.07) is 0.346. The van der Waals surface area contributed by atoms with Crippen LogP contribution in [0.1, 0.15) is 290 Å². The maximum absolute atomic E-state index is 11.1. The summed E-state index contributed by atoms with van der Waals surface area (Å²) in [5.41, 5.74) is 0. The summed E-state index contributed by atoms with van der Waals surface area (Å²) in [6.45, 7) is 9.10. The predicted molar refractivity (Wildman–Crippen MR) is 231 cm³/mol. The topological polar surface area (TPSA) is 43.4 Å². The first-order valence-electron chi connectivity index (χ1n) is 24.6. The molecular weight excluding hydrogens is 641 g/mol. The molecule has 0 aromatic rings. The Morgan fingerprint density at radius 3 is 0.755 bits per heavy atom. The van der Waals surface area contributed by atoms with Crippen molar-refractivity contribution < 1.29 is 28.8 Å². The molecule has 0 aromatic heterocycles. The molecular formula is C49H98LiNO2. The molecule has 1 atom stereocenters. The molecule has 0 amide bonds. The predicted octanol–water partition coefficient (Wildman–Crippen LogP) is 12.9. The number of hydrogen-bond acceptors (Lipinski definition) is 3. The van der Waals surface area contributed by atoms with Crippen LogP contribution in [0.25, 0.3) is 0 Å². The second-order valence-electron chi connectivity index (χ2n) is 17.2. The molecule has 0 saturated heterocycles. The van der Waals surface area contributed by atoms with Crippen molar-refractivity contribution in [1.82, 2.24) is 4.90 Å². The van der Waals surface area contributed by atoms with E-state index in [0.29, 0.717) is 6.04 Å². The first kappa shape index (κ1) is 55.1. The molecule has 0 aromatic carbocycles. The van der Waals surface area contributed by atoms with Crippen LogP contribution in [0.2, 0.25) is 0 Å². The Kier molecular flexibility index (Phi) is 50.1. The van der Waals surface area contributed by atoms with Crippen molar-refractivity contribution in [2.45, 2.75) is 296 Å². The van der Waals surface area contributed by atoms with Crippen LogP contribution in [-0.2, 0) is 4.79 Å². The van der Waals surface area contributed by atoms with Gasteiger partial charge in [-0.2, -0.15) is 0 Å². The van der Waals surface area contributed by atoms with Crippen molar-refractivity contribution in [3.8, 4) is 0 Å². The van der Waals surface area contributed by atoms with Crippen LogP contribution in [-0.4, -0.2) is 30.0 Å². The molecule has 312 valence electrons. The summed E-state index contributed by atoms with van der Waals surface area (Å²) in [6.07, 6.45) is 57.7. The minimum Gasteiger partial charge on any atom is -0.550 e. The minimum atomic E-state index is -0.899. The molecule has 0 bridgehead atoms. The van der Waals surface area contributed by atoms with Crippen molar-refractivity contribution in [3.63, 3.8) is 0 Å². The van der Waals surface area contributed by atoms with Crippen LogP contribution in [0.4, 0.5) is 0 Å². The molecule has 0 aliphatic heterocycles. The molecule has 1 unspecified atom stereocenters. The summed E-state index contributed by atoms with van der Waals surface area (Å²) in [5, 5.41) is 11.1. The van der Waals surface area contributed by atoms with Crippen molar-refractivity contribution in [3.05, 3.63) is 0 Å². The summed E-state index contributed by atoms with van der Waals surface area (Å²) in [4.78, 5) is 13.7. The van der Waals surface area contributed by atoms with Crippen LogP contribution in [0.15, 0.2) is 0 Å². The molecule has 53 heavy (non-hydrogen) atoms. The van der Waals surface area contributed by atoms with Gasteiger partial charge < -0.3 is 14.8 Å². The van der Waals surface area contributed by atoms with Gasteiger partial charge in [0.05, 0.1) is 0 Å². The molecule has 0 radical (unpaired) electrons. The van der Waals surface area contributed by atoms with E-state index in [4.69, 9.17) is 0 Å². The number of carbonyl (C=O) groups is 1. The number of carbonyl (C=O) groups excluding carboxylic acids is 1. The second kappa shape index (κ2) is 48.2. The molecule has 0 rings (SSSR count). The van der Waals surface area contributed by atoms with Gasteiger partial charge in [-0.1, -0.05) is 258 Å². The number of carboxylic acid groups (broad SMARTS) is 1. The van der Waals surface area contributed by atoms with Gasteiger partial charge in [-0.05, 0) is 45.7 Å². The van der Waals surface area contributed by atoms with Gasteiger partial charge in [-0.3, -0.25) is 0 Å². The average Bonchev–Trinajstić information content (AvgIpc) is 3.14. The zero-order valence-electron chi connectivity index (χ0n) is 37.5. The molecule has 0 spiro atoms. The van der Waals surface area contributed by atoms with Crippen molar-refractivity contribution in [2.24, 2.45) is 0 Å². The van der Waals surface area contributed by atoms with E-state index in [1.807, 2.05) is 0 Å². The van der Waals surface area contributed by atoms with Crippen LogP contribution < -0.4 is 24.0 Å². The Hall–Kier alpha value is 0.0274. The zero-order chi connectivity index (χ0) is 37.8. The van der Waals surface area contributed by atoms with E-state index in [1.54, 1.807) is 0 Å². The third-order valence-corrected chi connectivity index (χ3v) is 12.0. The Labute approximate surface area is 347 Å². The van der Waals surface area contributed by atoms with Gasteiger partial charge in [0.25, 0.3) is 0 Å². The summed E-state index contributed by atoms with van der Waals surface area (Å²) in [7, 11) is 0. The molecule has 0 saturated carbocycles. The minimum absolute atomic E-state index is 0. The quantitative estimate of drug-likeness (QED) is 0.0461. The standard InChI is InChI=1S/C49H99NO2.Li/c1-4-6-8-10-12-14-16-18-20-22-24-26-28-30-32-34-36-38-40-42-46-50(48(3)44-45-49(51)52)47-43-41-39-37-35-33-31-29-27-25-23-21-19-17-15-13-11-9-7-5-2;/h48H,4-47H2,1-3H3,(H,51,52);/q;+1/p-1. The van der Waals surface area contributed by atoms with Crippen LogP contribution >= 0.6 is 0 Å². The van der Waals surface area contributed by atoms with E-state index in [0.717, 1.165) is 19.5 Å². The first-order valence-corrected chi connectivity index (χ1v) is 24.6. The third kappa shape index (κ3) is 46.3. The monoisotopic (exact) mass is 740 g/mol. The van der Waals surface area contributed by atoms with Crippen molar-refractivity contribution in [2.75, 3.05) is 13.1 Å². The van der Waals surface area contributed by atoms with E-state index in [1.165, 1.54) is 257 Å². The Balaban J connectivity index is 0. The van der Waals surface area contributed by atoms with Crippen molar-refractivity contribution in [1.29, 1.82) is 0 Å². The molecule has 0 heterocycles. The molecule has 4 heteroatoms. The summed E-state index contributed by atoms with van der Waals surface area (Å²) < 4.78 is 0. The van der Waals surface area contributed by atoms with E-state index in [2.05, 4.69) is 25.7 Å². The number of carboxylic acids is 1. The van der Waals surface area contributed by atoms with Crippen molar-refractivity contribution >= 4 is 5.97 Å². The van der Waals surface area contributed by atoms with Crippen LogP contribution in [0, 0.1) is 0 Å². The smallest absolute Gasteiger partial charge is 0.550 e. The molecule has 0 aliphatic carbocycles. The van der Waals surface area contributed by atoms with Crippen LogP contribution in [0.3, 0.4) is 0 Å². The molecule has 3 nitrogen and oxygen atoms in total. The van der Waals surface area contributed by atoms with Gasteiger partial charge in [0.15, 0.2) is 0 Å². The first-order chi connectivity index (χ1) is 25.6. The largest absolute Gasteiger partial charge is 1.00 e. The number of hydrogen-bond donors (Lipinski definition) is 0. The molecule has 0 N–H and O–H groups in total. The van der Waals surface area contributed by atoms with E-state index in [9.17, 15) is 9.90 Å². The Bertz CT molecular complexity index is 629. The number of unbranched alkanes of at least 4 members (excludes halogenated alkanes) is 38. The molecule has 0 fully saturated rings. The number of nitrogens with zero attached hydrogens (tertiary/aromatic N) is 1. The Morgan fingerprint density at radius 1 is 0.377 bits per heavy atom. The summed E-state index contributed by atoms with van der Waals surface area (Å²) in [5.74, 6) is -0.899. The van der Waals surface area contributed by atoms with Gasteiger partial charge in [0, 0.05) is 12.0 Å². The van der Waals surface area contributed by atoms with E-state index in [-0.39, 0.29) is 25.3 Å². The fraction of sp³-hybridized carbons (Fsp3) is 0.980. The maximum atomic E-state index is 11.1. The van der Waals surface area contributed by atoms with Gasteiger partial charge >= 0.3 is 18.9 Å². The van der Waals surface area contributed by atoms with Gasteiger partial charge in [0.2, 0.25) is 0 Å². The van der Waals surface area contributed by atoms with E-state index < -0.39 is 5.97 Å². The second-order valence-corrected chi connectivity index (χ2v) is 17.2. The molecule has 0 aliphatic rings.